The van der Waals surface area contributed by atoms with Crippen LogP contribution in [0.4, 0.5) is 5.82 Å². The van der Waals surface area contributed by atoms with E-state index in [0.29, 0.717) is 17.9 Å². The highest BCUT2D eigenvalue weighted by atomic mass is 16.1. The van der Waals surface area contributed by atoms with E-state index in [1.165, 1.54) is 17.8 Å². The number of amides is 1. The molecule has 0 aliphatic heterocycles. The normalized spacial score (nSPS) is 10.5. The van der Waals surface area contributed by atoms with E-state index in [-0.39, 0.29) is 5.91 Å². The number of nitrogens with one attached hydrogen (secondary N) is 1. The molecule has 0 unspecified atom stereocenters. The van der Waals surface area contributed by atoms with Gasteiger partial charge >= 0.3 is 0 Å². The molecule has 0 aliphatic carbocycles. The van der Waals surface area contributed by atoms with Gasteiger partial charge in [0.2, 0.25) is 5.91 Å². The Kier molecular flexibility index (Phi) is 4.94. The summed E-state index contributed by atoms with van der Waals surface area (Å²) in [6.45, 7) is 2.13. The second kappa shape index (κ2) is 7.09. The minimum atomic E-state index is -0.0219. The predicted octanol–water partition coefficient (Wildman–Crippen LogP) is 1.87. The number of nitriles is 1. The lowest BCUT2D eigenvalue weighted by atomic mass is 10.2. The SMILES string of the molecule is CC(=O)NCCC=Cc1ccc(-n2ncc(C#N)c2N)cc1. The predicted molar refractivity (Wildman–Crippen MR) is 85.0 cm³/mol. The molecule has 2 rings (SSSR count). The number of carbonyl (C=O) groups is 1. The Morgan fingerprint density at radius 2 is 2.18 bits per heavy atom. The molecule has 0 fully saturated rings. The Bertz CT molecular complexity index is 722. The van der Waals surface area contributed by atoms with Crippen LogP contribution in [0.1, 0.15) is 24.5 Å². The van der Waals surface area contributed by atoms with Gasteiger partial charge in [-0.25, -0.2) is 4.68 Å². The van der Waals surface area contributed by atoms with E-state index in [1.54, 1.807) is 0 Å². The van der Waals surface area contributed by atoms with Crippen molar-refractivity contribution in [3.63, 3.8) is 0 Å². The number of hydrogen-bond acceptors (Lipinski definition) is 4. The fourth-order valence-corrected chi connectivity index (χ4v) is 1.93. The van der Waals surface area contributed by atoms with E-state index >= 15 is 0 Å². The monoisotopic (exact) mass is 295 g/mol. The zero-order valence-electron chi connectivity index (χ0n) is 12.3. The summed E-state index contributed by atoms with van der Waals surface area (Å²) in [6, 6.07) is 9.65. The molecule has 0 saturated heterocycles. The average Bonchev–Trinajstić information content (AvgIpc) is 2.88. The lowest BCUT2D eigenvalue weighted by Gasteiger charge is -2.04. The molecule has 0 spiro atoms. The molecule has 1 aromatic heterocycles. The first-order valence-electron chi connectivity index (χ1n) is 6.87. The molecule has 112 valence electrons. The summed E-state index contributed by atoms with van der Waals surface area (Å²) in [5.74, 6) is 0.312. The van der Waals surface area contributed by atoms with Crippen molar-refractivity contribution in [3.8, 4) is 11.8 Å². The number of carbonyl (C=O) groups excluding carboxylic acids is 1. The Labute approximate surface area is 128 Å². The minimum Gasteiger partial charge on any atom is -0.382 e. The highest BCUT2D eigenvalue weighted by Gasteiger charge is 2.07. The molecule has 0 atom stereocenters. The van der Waals surface area contributed by atoms with Gasteiger partial charge in [0.1, 0.15) is 17.5 Å². The molecule has 0 radical (unpaired) electrons. The number of aromatic nitrogens is 2. The summed E-state index contributed by atoms with van der Waals surface area (Å²) >= 11 is 0. The third-order valence-electron chi connectivity index (χ3n) is 3.06. The van der Waals surface area contributed by atoms with Crippen molar-refractivity contribution in [1.82, 2.24) is 15.1 Å². The van der Waals surface area contributed by atoms with Crippen molar-refractivity contribution >= 4 is 17.8 Å². The van der Waals surface area contributed by atoms with Crippen LogP contribution in [0.15, 0.2) is 36.5 Å². The van der Waals surface area contributed by atoms with Gasteiger partial charge < -0.3 is 11.1 Å². The van der Waals surface area contributed by atoms with Gasteiger partial charge in [0.15, 0.2) is 0 Å². The first-order chi connectivity index (χ1) is 10.6. The molecule has 22 heavy (non-hydrogen) atoms. The molecule has 2 aromatic rings. The Morgan fingerprint density at radius 3 is 2.77 bits per heavy atom. The van der Waals surface area contributed by atoms with Crippen LogP contribution in [-0.4, -0.2) is 22.2 Å². The minimum absolute atomic E-state index is 0.0219. The Balaban J connectivity index is 2.01. The topological polar surface area (TPSA) is 96.7 Å². The van der Waals surface area contributed by atoms with Crippen molar-refractivity contribution < 1.29 is 4.79 Å². The third-order valence-corrected chi connectivity index (χ3v) is 3.06. The summed E-state index contributed by atoms with van der Waals surface area (Å²) in [5.41, 5.74) is 8.05. The maximum absolute atomic E-state index is 10.7. The molecule has 0 aliphatic rings. The van der Waals surface area contributed by atoms with Crippen molar-refractivity contribution in [2.75, 3.05) is 12.3 Å². The van der Waals surface area contributed by atoms with Gasteiger partial charge in [-0.15, -0.1) is 0 Å². The van der Waals surface area contributed by atoms with Crippen LogP contribution in [-0.2, 0) is 4.79 Å². The van der Waals surface area contributed by atoms with Crippen LogP contribution in [0.5, 0.6) is 0 Å². The molecular weight excluding hydrogens is 278 g/mol. The van der Waals surface area contributed by atoms with Crippen LogP contribution in [0.2, 0.25) is 0 Å². The van der Waals surface area contributed by atoms with Gasteiger partial charge in [-0.2, -0.15) is 10.4 Å². The van der Waals surface area contributed by atoms with E-state index < -0.39 is 0 Å². The van der Waals surface area contributed by atoms with E-state index in [2.05, 4.69) is 10.4 Å². The summed E-state index contributed by atoms with van der Waals surface area (Å²) in [6.07, 6.45) is 6.21. The second-order valence-electron chi connectivity index (χ2n) is 4.73. The molecule has 1 heterocycles. The van der Waals surface area contributed by atoms with E-state index in [0.717, 1.165) is 17.7 Å². The van der Waals surface area contributed by atoms with Gasteiger partial charge in [-0.3, -0.25) is 4.79 Å². The summed E-state index contributed by atoms with van der Waals surface area (Å²) < 4.78 is 1.53. The van der Waals surface area contributed by atoms with Gasteiger partial charge in [-0.05, 0) is 24.1 Å². The van der Waals surface area contributed by atoms with E-state index in [1.807, 2.05) is 42.5 Å². The number of benzene rings is 1. The zero-order chi connectivity index (χ0) is 15.9. The highest BCUT2D eigenvalue weighted by molar-refractivity contribution is 5.72. The number of nitrogens with two attached hydrogens (primary N) is 1. The Hall–Kier alpha value is -3.07. The van der Waals surface area contributed by atoms with E-state index in [9.17, 15) is 4.79 Å². The average molecular weight is 295 g/mol. The van der Waals surface area contributed by atoms with Crippen molar-refractivity contribution in [1.29, 1.82) is 5.26 Å². The molecule has 0 bridgehead atoms. The quantitative estimate of drug-likeness (QED) is 0.823. The van der Waals surface area contributed by atoms with Gasteiger partial charge in [-0.1, -0.05) is 24.3 Å². The largest absolute Gasteiger partial charge is 0.382 e. The van der Waals surface area contributed by atoms with E-state index in [4.69, 9.17) is 11.0 Å². The number of hydrogen-bond donors (Lipinski definition) is 2. The first-order valence-corrected chi connectivity index (χ1v) is 6.87. The smallest absolute Gasteiger partial charge is 0.216 e. The number of nitrogens with zero attached hydrogens (tertiary/aromatic N) is 3. The molecular formula is C16H17N5O. The van der Waals surface area contributed by atoms with Gasteiger partial charge in [0.25, 0.3) is 0 Å². The standard InChI is InChI=1S/C16H17N5O/c1-12(22)19-9-3-2-4-13-5-7-15(8-6-13)21-16(18)14(10-17)11-20-21/h2,4-8,11H,3,9,18H2,1H3,(H,19,22). The van der Waals surface area contributed by atoms with Crippen molar-refractivity contribution in [2.24, 2.45) is 0 Å². The fourth-order valence-electron chi connectivity index (χ4n) is 1.93. The van der Waals surface area contributed by atoms with Crippen molar-refractivity contribution in [2.45, 2.75) is 13.3 Å². The second-order valence-corrected chi connectivity index (χ2v) is 4.73. The molecule has 6 heteroatoms. The molecule has 3 N–H and O–H groups in total. The number of anilines is 1. The fraction of sp³-hybridized carbons (Fsp3) is 0.188. The zero-order valence-corrected chi connectivity index (χ0v) is 12.3. The van der Waals surface area contributed by atoms with Crippen LogP contribution < -0.4 is 11.1 Å². The number of rotatable bonds is 5. The van der Waals surface area contributed by atoms with Gasteiger partial charge in [0.05, 0.1) is 11.9 Å². The van der Waals surface area contributed by atoms with Crippen LogP contribution in [0.3, 0.4) is 0 Å². The van der Waals surface area contributed by atoms with Gasteiger partial charge in [0, 0.05) is 13.5 Å². The van der Waals surface area contributed by atoms with Crippen LogP contribution in [0, 0.1) is 11.3 Å². The van der Waals surface area contributed by atoms with Crippen molar-refractivity contribution in [3.05, 3.63) is 47.7 Å². The summed E-state index contributed by atoms with van der Waals surface area (Å²) in [5, 5.41) is 15.7. The Morgan fingerprint density at radius 1 is 1.45 bits per heavy atom. The molecule has 6 nitrogen and oxygen atoms in total. The van der Waals surface area contributed by atoms with Crippen LogP contribution in [0.25, 0.3) is 11.8 Å². The lowest BCUT2D eigenvalue weighted by molar-refractivity contribution is -0.118. The first kappa shape index (κ1) is 15.3. The third kappa shape index (κ3) is 3.73. The molecule has 1 aromatic carbocycles. The summed E-state index contributed by atoms with van der Waals surface area (Å²) in [7, 11) is 0. The summed E-state index contributed by atoms with van der Waals surface area (Å²) in [4.78, 5) is 10.7. The maximum atomic E-state index is 10.7. The molecule has 0 saturated carbocycles. The van der Waals surface area contributed by atoms with Crippen LogP contribution >= 0.6 is 0 Å². The maximum Gasteiger partial charge on any atom is 0.216 e. The molecule has 1 amide bonds. The highest BCUT2D eigenvalue weighted by Crippen LogP contribution is 2.17. The lowest BCUT2D eigenvalue weighted by Crippen LogP contribution is -2.20. The number of nitrogen functional groups attached to an aromatic ring is 1.